The van der Waals surface area contributed by atoms with E-state index in [1.54, 1.807) is 6.26 Å². The van der Waals surface area contributed by atoms with Crippen LogP contribution in [0.2, 0.25) is 0 Å². The monoisotopic (exact) mass is 206 g/mol. The summed E-state index contributed by atoms with van der Waals surface area (Å²) in [5.41, 5.74) is 5.51. The summed E-state index contributed by atoms with van der Waals surface area (Å²) in [5, 5.41) is 8.07. The summed E-state index contributed by atoms with van der Waals surface area (Å²) in [6.07, 6.45) is 3.33. The van der Waals surface area contributed by atoms with Gasteiger partial charge in [-0.3, -0.25) is 0 Å². The third kappa shape index (κ3) is 2.07. The smallest absolute Gasteiger partial charge is 0.146 e. The summed E-state index contributed by atoms with van der Waals surface area (Å²) in [5.74, 6) is 2.71. The maximum atomic E-state index is 5.51. The SMILES string of the molecule is Cn1c(CN)nnc1CCc1ccco1. The van der Waals surface area contributed by atoms with Crippen molar-refractivity contribution in [1.82, 2.24) is 14.8 Å². The van der Waals surface area contributed by atoms with Gasteiger partial charge in [0.05, 0.1) is 12.8 Å². The van der Waals surface area contributed by atoms with E-state index >= 15 is 0 Å². The maximum absolute atomic E-state index is 5.51. The number of nitrogens with zero attached hydrogens (tertiary/aromatic N) is 3. The Hall–Kier alpha value is -1.62. The summed E-state index contributed by atoms with van der Waals surface area (Å²) in [4.78, 5) is 0. The van der Waals surface area contributed by atoms with E-state index in [0.717, 1.165) is 30.3 Å². The van der Waals surface area contributed by atoms with Crippen molar-refractivity contribution in [2.45, 2.75) is 19.4 Å². The molecule has 0 saturated heterocycles. The van der Waals surface area contributed by atoms with E-state index in [1.807, 2.05) is 23.7 Å². The van der Waals surface area contributed by atoms with Crippen molar-refractivity contribution in [1.29, 1.82) is 0 Å². The van der Waals surface area contributed by atoms with Crippen LogP contribution in [0.1, 0.15) is 17.4 Å². The van der Waals surface area contributed by atoms with Crippen LogP contribution in [0.4, 0.5) is 0 Å². The van der Waals surface area contributed by atoms with Crippen LogP contribution in [0, 0.1) is 0 Å². The molecule has 0 atom stereocenters. The molecular formula is C10H14N4O. The molecule has 2 aromatic rings. The molecule has 0 aliphatic rings. The second-order valence-electron chi connectivity index (χ2n) is 3.37. The van der Waals surface area contributed by atoms with Crippen LogP contribution in [-0.2, 0) is 26.4 Å². The maximum Gasteiger partial charge on any atom is 0.146 e. The lowest BCUT2D eigenvalue weighted by molar-refractivity contribution is 0.504. The number of aryl methyl sites for hydroxylation is 2. The lowest BCUT2D eigenvalue weighted by Gasteiger charge is -2.00. The van der Waals surface area contributed by atoms with E-state index in [4.69, 9.17) is 10.2 Å². The second-order valence-corrected chi connectivity index (χ2v) is 3.37. The molecule has 0 spiro atoms. The van der Waals surface area contributed by atoms with E-state index in [1.165, 1.54) is 0 Å². The highest BCUT2D eigenvalue weighted by molar-refractivity contribution is 5.02. The summed E-state index contributed by atoms with van der Waals surface area (Å²) in [7, 11) is 1.93. The quantitative estimate of drug-likeness (QED) is 0.797. The molecule has 0 bridgehead atoms. The molecule has 2 rings (SSSR count). The van der Waals surface area contributed by atoms with Crippen molar-refractivity contribution in [3.05, 3.63) is 35.8 Å². The minimum absolute atomic E-state index is 0.421. The number of rotatable bonds is 4. The Labute approximate surface area is 87.9 Å². The predicted molar refractivity (Wildman–Crippen MR) is 55.0 cm³/mol. The van der Waals surface area contributed by atoms with Crippen LogP contribution in [0.15, 0.2) is 22.8 Å². The lowest BCUT2D eigenvalue weighted by Crippen LogP contribution is -2.07. The van der Waals surface area contributed by atoms with Gasteiger partial charge in [-0.2, -0.15) is 0 Å². The average molecular weight is 206 g/mol. The van der Waals surface area contributed by atoms with Gasteiger partial charge in [0.25, 0.3) is 0 Å². The fraction of sp³-hybridized carbons (Fsp3) is 0.400. The van der Waals surface area contributed by atoms with Gasteiger partial charge in [-0.25, -0.2) is 0 Å². The first kappa shape index (κ1) is 9.92. The largest absolute Gasteiger partial charge is 0.469 e. The number of furan rings is 1. The molecule has 2 aromatic heterocycles. The van der Waals surface area contributed by atoms with Crippen molar-refractivity contribution in [3.63, 3.8) is 0 Å². The van der Waals surface area contributed by atoms with E-state index in [-0.39, 0.29) is 0 Å². The van der Waals surface area contributed by atoms with Gasteiger partial charge in [0, 0.05) is 19.9 Å². The predicted octanol–water partition coefficient (Wildman–Crippen LogP) is 0.652. The molecule has 80 valence electrons. The number of aromatic nitrogens is 3. The third-order valence-electron chi connectivity index (χ3n) is 2.41. The third-order valence-corrected chi connectivity index (χ3v) is 2.41. The second kappa shape index (κ2) is 4.27. The molecule has 2 N–H and O–H groups in total. The van der Waals surface area contributed by atoms with E-state index in [2.05, 4.69) is 10.2 Å². The van der Waals surface area contributed by atoms with Crippen LogP contribution in [0.3, 0.4) is 0 Å². The van der Waals surface area contributed by atoms with Gasteiger partial charge in [0.2, 0.25) is 0 Å². The molecule has 2 heterocycles. The van der Waals surface area contributed by atoms with Crippen molar-refractivity contribution < 1.29 is 4.42 Å². The van der Waals surface area contributed by atoms with Gasteiger partial charge in [0.1, 0.15) is 17.4 Å². The molecule has 0 radical (unpaired) electrons. The summed E-state index contributed by atoms with van der Waals surface area (Å²) in [6.45, 7) is 0.421. The van der Waals surface area contributed by atoms with E-state index in [0.29, 0.717) is 6.54 Å². The Kier molecular flexibility index (Phi) is 2.82. The molecule has 0 fully saturated rings. The zero-order valence-electron chi connectivity index (χ0n) is 8.68. The first-order valence-electron chi connectivity index (χ1n) is 4.91. The Morgan fingerprint density at radius 3 is 2.73 bits per heavy atom. The molecule has 5 heteroatoms. The van der Waals surface area contributed by atoms with Crippen molar-refractivity contribution in [3.8, 4) is 0 Å². The first-order valence-corrected chi connectivity index (χ1v) is 4.91. The van der Waals surface area contributed by atoms with Gasteiger partial charge in [-0.1, -0.05) is 0 Å². The van der Waals surface area contributed by atoms with Crippen molar-refractivity contribution in [2.24, 2.45) is 12.8 Å². The highest BCUT2D eigenvalue weighted by Crippen LogP contribution is 2.06. The summed E-state index contributed by atoms with van der Waals surface area (Å²) >= 11 is 0. The minimum atomic E-state index is 0.421. The van der Waals surface area contributed by atoms with Crippen LogP contribution in [-0.4, -0.2) is 14.8 Å². The Morgan fingerprint density at radius 1 is 1.33 bits per heavy atom. The Morgan fingerprint density at radius 2 is 2.13 bits per heavy atom. The molecule has 0 saturated carbocycles. The zero-order valence-corrected chi connectivity index (χ0v) is 8.68. The summed E-state index contributed by atoms with van der Waals surface area (Å²) < 4.78 is 7.18. The number of nitrogens with two attached hydrogens (primary N) is 1. The topological polar surface area (TPSA) is 69.9 Å². The van der Waals surface area contributed by atoms with Crippen LogP contribution < -0.4 is 5.73 Å². The highest BCUT2D eigenvalue weighted by Gasteiger charge is 2.07. The van der Waals surface area contributed by atoms with Crippen LogP contribution in [0.5, 0.6) is 0 Å². The molecule has 0 aliphatic carbocycles. The molecule has 0 amide bonds. The van der Waals surface area contributed by atoms with Gasteiger partial charge in [-0.05, 0) is 12.1 Å². The van der Waals surface area contributed by atoms with E-state index in [9.17, 15) is 0 Å². The van der Waals surface area contributed by atoms with Gasteiger partial charge >= 0.3 is 0 Å². The summed E-state index contributed by atoms with van der Waals surface area (Å²) in [6, 6.07) is 3.84. The average Bonchev–Trinajstić information content (AvgIpc) is 2.85. The molecule has 15 heavy (non-hydrogen) atoms. The molecule has 0 unspecified atom stereocenters. The molecular weight excluding hydrogens is 192 g/mol. The van der Waals surface area contributed by atoms with E-state index < -0.39 is 0 Å². The van der Waals surface area contributed by atoms with Gasteiger partial charge in [0.15, 0.2) is 0 Å². The first-order chi connectivity index (χ1) is 7.31. The molecule has 0 aromatic carbocycles. The minimum Gasteiger partial charge on any atom is -0.469 e. The van der Waals surface area contributed by atoms with Gasteiger partial charge < -0.3 is 14.7 Å². The van der Waals surface area contributed by atoms with Crippen molar-refractivity contribution in [2.75, 3.05) is 0 Å². The normalized spacial score (nSPS) is 10.8. The lowest BCUT2D eigenvalue weighted by atomic mass is 10.2. The number of hydrogen-bond acceptors (Lipinski definition) is 4. The standard InChI is InChI=1S/C10H14N4O/c1-14-9(12-13-10(14)7-11)5-4-8-3-2-6-15-8/h2-3,6H,4-5,7,11H2,1H3. The Balaban J connectivity index is 2.02. The van der Waals surface area contributed by atoms with Crippen molar-refractivity contribution >= 4 is 0 Å². The number of hydrogen-bond donors (Lipinski definition) is 1. The van der Waals surface area contributed by atoms with Gasteiger partial charge in [-0.15, -0.1) is 10.2 Å². The highest BCUT2D eigenvalue weighted by atomic mass is 16.3. The van der Waals surface area contributed by atoms with Crippen LogP contribution >= 0.6 is 0 Å². The van der Waals surface area contributed by atoms with Crippen LogP contribution in [0.25, 0.3) is 0 Å². The fourth-order valence-electron chi connectivity index (χ4n) is 1.48. The fourth-order valence-corrected chi connectivity index (χ4v) is 1.48. The molecule has 5 nitrogen and oxygen atoms in total. The molecule has 0 aliphatic heterocycles. The Bertz CT molecular complexity index is 419. The zero-order chi connectivity index (χ0) is 10.7.